The maximum atomic E-state index is 13.8. The van der Waals surface area contributed by atoms with Gasteiger partial charge < -0.3 is 9.84 Å². The van der Waals surface area contributed by atoms with E-state index >= 15 is 0 Å². The molecule has 1 heterocycles. The Balaban J connectivity index is 1.61. The van der Waals surface area contributed by atoms with Crippen LogP contribution >= 0.6 is 11.6 Å². The van der Waals surface area contributed by atoms with E-state index in [4.69, 9.17) is 21.6 Å². The van der Waals surface area contributed by atoms with Crippen molar-refractivity contribution < 1.29 is 14.6 Å². The molecule has 1 saturated carbocycles. The highest BCUT2D eigenvalue weighted by atomic mass is 35.5. The van der Waals surface area contributed by atoms with E-state index in [0.717, 1.165) is 29.5 Å². The molecule has 1 unspecified atom stereocenters. The lowest BCUT2D eigenvalue weighted by molar-refractivity contribution is -0.121. The second-order valence-corrected chi connectivity index (χ2v) is 9.48. The van der Waals surface area contributed by atoms with Crippen LogP contribution in [0, 0.1) is 17.2 Å². The number of aliphatic hydroxyl groups excluding tert-OH is 1. The van der Waals surface area contributed by atoms with Crippen molar-refractivity contribution in [1.82, 2.24) is 4.90 Å². The average Bonchev–Trinajstić information content (AvgIpc) is 3.38. The minimum atomic E-state index is -1.13. The first-order chi connectivity index (χ1) is 16.5. The van der Waals surface area contributed by atoms with Gasteiger partial charge in [0.15, 0.2) is 5.72 Å². The summed E-state index contributed by atoms with van der Waals surface area (Å²) < 4.78 is 6.77. The quantitative estimate of drug-likeness (QED) is 0.532. The average molecular weight is 473 g/mol. The van der Waals surface area contributed by atoms with E-state index in [0.29, 0.717) is 35.7 Å². The number of hydrogen-bond acceptors (Lipinski definition) is 4. The fourth-order valence-electron chi connectivity index (χ4n) is 5.11. The molecule has 0 bridgehead atoms. The van der Waals surface area contributed by atoms with Crippen LogP contribution in [-0.2, 0) is 17.0 Å². The summed E-state index contributed by atoms with van der Waals surface area (Å²) in [5, 5.41) is 19.8. The lowest BCUT2D eigenvalue weighted by Gasteiger charge is -2.40. The molecule has 1 aliphatic heterocycles. The van der Waals surface area contributed by atoms with Crippen LogP contribution in [0.15, 0.2) is 72.8 Å². The lowest BCUT2D eigenvalue weighted by atomic mass is 9.93. The topological polar surface area (TPSA) is 73.6 Å². The van der Waals surface area contributed by atoms with Crippen molar-refractivity contribution >= 4 is 17.5 Å². The van der Waals surface area contributed by atoms with Crippen molar-refractivity contribution in [3.05, 3.63) is 106 Å². The van der Waals surface area contributed by atoms with E-state index in [-0.39, 0.29) is 17.9 Å². The van der Waals surface area contributed by atoms with Crippen LogP contribution in [-0.4, -0.2) is 28.6 Å². The molecule has 1 fully saturated rings. The zero-order chi connectivity index (χ0) is 23.7. The molecule has 34 heavy (non-hydrogen) atoms. The second kappa shape index (κ2) is 9.23. The van der Waals surface area contributed by atoms with Crippen molar-refractivity contribution in [2.75, 3.05) is 6.61 Å². The molecule has 2 aliphatic rings. The van der Waals surface area contributed by atoms with Gasteiger partial charge in [-0.05, 0) is 61.1 Å². The molecule has 5 nitrogen and oxygen atoms in total. The smallest absolute Gasteiger partial charge is 0.257 e. The molecule has 0 spiro atoms. The van der Waals surface area contributed by atoms with E-state index in [1.165, 1.54) is 0 Å². The highest BCUT2D eigenvalue weighted by Gasteiger charge is 2.52. The van der Waals surface area contributed by atoms with Gasteiger partial charge in [0, 0.05) is 28.3 Å². The summed E-state index contributed by atoms with van der Waals surface area (Å²) >= 11 is 6.21. The molecule has 0 aromatic heterocycles. The van der Waals surface area contributed by atoms with Crippen LogP contribution in [0.3, 0.4) is 0 Å². The summed E-state index contributed by atoms with van der Waals surface area (Å²) in [7, 11) is 0. The maximum Gasteiger partial charge on any atom is 0.257 e. The Morgan fingerprint density at radius 3 is 2.47 bits per heavy atom. The summed E-state index contributed by atoms with van der Waals surface area (Å²) in [5.74, 6) is 0.111. The molecular formula is C28H25ClN2O3. The number of ether oxygens (including phenoxy) is 1. The summed E-state index contributed by atoms with van der Waals surface area (Å²) in [6, 6.07) is 24.4. The van der Waals surface area contributed by atoms with Crippen molar-refractivity contribution in [3.8, 4) is 6.07 Å². The normalized spacial score (nSPS) is 23.7. The number of benzene rings is 3. The molecule has 172 valence electrons. The molecule has 1 amide bonds. The van der Waals surface area contributed by atoms with Crippen LogP contribution in [0.25, 0.3) is 0 Å². The number of nitriles is 1. The molecule has 3 atom stereocenters. The summed E-state index contributed by atoms with van der Waals surface area (Å²) in [4.78, 5) is 15.5. The number of carbonyl (C=O) groups is 1. The highest BCUT2D eigenvalue weighted by Crippen LogP contribution is 2.47. The predicted molar refractivity (Wildman–Crippen MR) is 129 cm³/mol. The van der Waals surface area contributed by atoms with E-state index in [9.17, 15) is 9.90 Å². The first kappa shape index (κ1) is 22.6. The number of amides is 1. The molecule has 5 rings (SSSR count). The Kier molecular flexibility index (Phi) is 6.14. The molecule has 3 aromatic carbocycles. The summed E-state index contributed by atoms with van der Waals surface area (Å²) in [6.45, 7) is 0.736. The standard InChI is InChI=1S/C28H25ClN2O3/c29-23-12-10-22(11-13-23)28(34-18-21-9-14-24(32)15-21)26-4-2-1-3-25(26)27(33)31(28)17-20-7-5-19(16-30)6-8-20/h1-8,10-13,21,24,32H,9,14-15,17-18H2/t21-,24+,28?/m0/s1. The van der Waals surface area contributed by atoms with Crippen LogP contribution in [0.2, 0.25) is 5.02 Å². The van der Waals surface area contributed by atoms with Crippen molar-refractivity contribution in [2.24, 2.45) is 5.92 Å². The maximum absolute atomic E-state index is 13.8. The van der Waals surface area contributed by atoms with Crippen LogP contribution in [0.1, 0.15) is 51.9 Å². The van der Waals surface area contributed by atoms with Gasteiger partial charge in [-0.3, -0.25) is 9.69 Å². The van der Waals surface area contributed by atoms with Gasteiger partial charge in [-0.1, -0.05) is 54.1 Å². The third-order valence-electron chi connectivity index (χ3n) is 6.85. The van der Waals surface area contributed by atoms with Gasteiger partial charge in [-0.2, -0.15) is 5.26 Å². The Hall–Kier alpha value is -3.17. The van der Waals surface area contributed by atoms with Gasteiger partial charge >= 0.3 is 0 Å². The summed E-state index contributed by atoms with van der Waals surface area (Å²) in [5.41, 5.74) is 2.58. The molecule has 1 N–H and O–H groups in total. The second-order valence-electron chi connectivity index (χ2n) is 9.04. The predicted octanol–water partition coefficient (Wildman–Crippen LogP) is 5.25. The van der Waals surface area contributed by atoms with Crippen LogP contribution in [0.4, 0.5) is 0 Å². The Labute approximate surface area is 204 Å². The van der Waals surface area contributed by atoms with E-state index < -0.39 is 5.72 Å². The van der Waals surface area contributed by atoms with Gasteiger partial charge in [-0.15, -0.1) is 0 Å². The van der Waals surface area contributed by atoms with Gasteiger partial charge in [0.25, 0.3) is 5.91 Å². The van der Waals surface area contributed by atoms with Crippen molar-refractivity contribution in [2.45, 2.75) is 37.6 Å². The van der Waals surface area contributed by atoms with E-state index in [2.05, 4.69) is 6.07 Å². The number of fused-ring (bicyclic) bond motifs is 1. The molecule has 1 aliphatic carbocycles. The summed E-state index contributed by atoms with van der Waals surface area (Å²) in [6.07, 6.45) is 2.06. The highest BCUT2D eigenvalue weighted by molar-refractivity contribution is 6.30. The van der Waals surface area contributed by atoms with Crippen LogP contribution < -0.4 is 0 Å². The minimum absolute atomic E-state index is 0.110. The minimum Gasteiger partial charge on any atom is -0.393 e. The number of aliphatic hydroxyl groups is 1. The third kappa shape index (κ3) is 3.99. The molecule has 0 saturated heterocycles. The Morgan fingerprint density at radius 1 is 1.06 bits per heavy atom. The monoisotopic (exact) mass is 472 g/mol. The lowest BCUT2D eigenvalue weighted by Crippen LogP contribution is -2.47. The van der Waals surface area contributed by atoms with Gasteiger partial charge in [0.2, 0.25) is 0 Å². The molecule has 6 heteroatoms. The fourth-order valence-corrected chi connectivity index (χ4v) is 5.24. The first-order valence-corrected chi connectivity index (χ1v) is 11.9. The van der Waals surface area contributed by atoms with E-state index in [1.54, 1.807) is 17.0 Å². The fraction of sp³-hybridized carbons (Fsp3) is 0.286. The Morgan fingerprint density at radius 2 is 1.79 bits per heavy atom. The largest absolute Gasteiger partial charge is 0.393 e. The molecular weight excluding hydrogens is 448 g/mol. The zero-order valence-electron chi connectivity index (χ0n) is 18.7. The number of halogens is 1. The Bertz CT molecular complexity index is 1240. The van der Waals surface area contributed by atoms with E-state index in [1.807, 2.05) is 60.7 Å². The zero-order valence-corrected chi connectivity index (χ0v) is 19.4. The number of carbonyl (C=O) groups excluding carboxylic acids is 1. The van der Waals surface area contributed by atoms with Gasteiger partial charge in [-0.25, -0.2) is 0 Å². The molecule has 0 radical (unpaired) electrons. The third-order valence-corrected chi connectivity index (χ3v) is 7.10. The van der Waals surface area contributed by atoms with Crippen molar-refractivity contribution in [1.29, 1.82) is 5.26 Å². The SMILES string of the molecule is N#Cc1ccc(CN2C(=O)c3ccccc3C2(OC[C@H]2CC[C@@H](O)C2)c2ccc(Cl)cc2)cc1. The molecule has 3 aromatic rings. The number of hydrogen-bond donors (Lipinski definition) is 1. The van der Waals surface area contributed by atoms with Gasteiger partial charge in [0.05, 0.1) is 24.3 Å². The number of nitrogens with zero attached hydrogens (tertiary/aromatic N) is 2. The van der Waals surface area contributed by atoms with Crippen molar-refractivity contribution in [3.63, 3.8) is 0 Å². The number of rotatable bonds is 6. The van der Waals surface area contributed by atoms with Gasteiger partial charge in [0.1, 0.15) is 0 Å². The first-order valence-electron chi connectivity index (χ1n) is 11.5. The van der Waals surface area contributed by atoms with Crippen LogP contribution in [0.5, 0.6) is 0 Å².